The molecule has 2 aromatic rings. The number of rotatable bonds is 9. The Kier molecular flexibility index (Phi) is 7.53. The van der Waals surface area contributed by atoms with Crippen LogP contribution in [0.3, 0.4) is 0 Å². The Bertz CT molecular complexity index is 911. The summed E-state index contributed by atoms with van der Waals surface area (Å²) in [6.07, 6.45) is 0. The summed E-state index contributed by atoms with van der Waals surface area (Å²) in [7, 11) is -3.92. The van der Waals surface area contributed by atoms with Crippen LogP contribution in [0, 0.1) is 12.7 Å². The Morgan fingerprint density at radius 3 is 2.32 bits per heavy atom. The minimum atomic E-state index is -3.92. The van der Waals surface area contributed by atoms with Gasteiger partial charge in [-0.2, -0.15) is 0 Å². The van der Waals surface area contributed by atoms with Gasteiger partial charge in [0.2, 0.25) is 0 Å². The van der Waals surface area contributed by atoms with Crippen molar-refractivity contribution in [2.24, 2.45) is 0 Å². The van der Waals surface area contributed by atoms with Gasteiger partial charge in [-0.1, -0.05) is 19.9 Å². The molecule has 0 spiro atoms. The van der Waals surface area contributed by atoms with Gasteiger partial charge in [-0.3, -0.25) is 9.52 Å². The fraction of sp³-hybridized carbons (Fsp3) is 0.350. The number of benzene rings is 2. The Morgan fingerprint density at radius 2 is 1.71 bits per heavy atom. The van der Waals surface area contributed by atoms with Gasteiger partial charge < -0.3 is 10.2 Å². The average Bonchev–Trinajstić information content (AvgIpc) is 2.67. The number of nitrogens with one attached hydrogen (secondary N) is 2. The highest BCUT2D eigenvalue weighted by Crippen LogP contribution is 2.21. The molecule has 28 heavy (non-hydrogen) atoms. The molecule has 0 bridgehead atoms. The summed E-state index contributed by atoms with van der Waals surface area (Å²) in [6, 6.07) is 9.57. The molecule has 0 aliphatic heterocycles. The van der Waals surface area contributed by atoms with Crippen LogP contribution in [-0.2, 0) is 10.0 Å². The van der Waals surface area contributed by atoms with Gasteiger partial charge in [-0.25, -0.2) is 12.8 Å². The molecule has 152 valence electrons. The van der Waals surface area contributed by atoms with E-state index in [2.05, 4.69) is 28.8 Å². The quantitative estimate of drug-likeness (QED) is 0.670. The van der Waals surface area contributed by atoms with Crippen molar-refractivity contribution in [2.45, 2.75) is 25.7 Å². The van der Waals surface area contributed by atoms with Gasteiger partial charge in [0.25, 0.3) is 15.9 Å². The largest absolute Gasteiger partial charge is 0.351 e. The van der Waals surface area contributed by atoms with Gasteiger partial charge >= 0.3 is 0 Å². The van der Waals surface area contributed by atoms with Crippen LogP contribution in [0.2, 0.25) is 0 Å². The lowest BCUT2D eigenvalue weighted by Crippen LogP contribution is -2.34. The monoisotopic (exact) mass is 407 g/mol. The highest BCUT2D eigenvalue weighted by molar-refractivity contribution is 7.92. The minimum absolute atomic E-state index is 0.00761. The van der Waals surface area contributed by atoms with Crippen molar-refractivity contribution in [2.75, 3.05) is 30.9 Å². The van der Waals surface area contributed by atoms with Crippen molar-refractivity contribution < 1.29 is 17.6 Å². The summed E-state index contributed by atoms with van der Waals surface area (Å²) in [5.41, 5.74) is 1.02. The van der Waals surface area contributed by atoms with Gasteiger partial charge in [0.1, 0.15) is 5.82 Å². The zero-order valence-electron chi connectivity index (χ0n) is 16.3. The number of likely N-dealkylation sites (N-methyl/N-ethyl adjacent to an activating group) is 1. The smallest absolute Gasteiger partial charge is 0.262 e. The first-order valence-corrected chi connectivity index (χ1v) is 10.6. The van der Waals surface area contributed by atoms with E-state index < -0.39 is 15.8 Å². The van der Waals surface area contributed by atoms with E-state index in [1.807, 2.05) is 0 Å². The minimum Gasteiger partial charge on any atom is -0.351 e. The van der Waals surface area contributed by atoms with Gasteiger partial charge in [0.15, 0.2) is 0 Å². The Hall–Kier alpha value is -2.45. The molecule has 0 saturated heterocycles. The van der Waals surface area contributed by atoms with Crippen LogP contribution < -0.4 is 10.0 Å². The number of carbonyl (C=O) groups is 1. The third kappa shape index (κ3) is 5.77. The molecule has 2 rings (SSSR count). The zero-order valence-corrected chi connectivity index (χ0v) is 17.1. The molecular formula is C20H26FN3O3S. The molecule has 8 heteroatoms. The third-order valence-electron chi connectivity index (χ3n) is 4.44. The van der Waals surface area contributed by atoms with E-state index in [-0.39, 0.29) is 22.1 Å². The number of amides is 1. The van der Waals surface area contributed by atoms with Gasteiger partial charge in [-0.15, -0.1) is 0 Å². The summed E-state index contributed by atoms with van der Waals surface area (Å²) in [4.78, 5) is 14.6. The molecule has 0 radical (unpaired) electrons. The molecule has 0 unspecified atom stereocenters. The molecule has 0 heterocycles. The molecule has 0 aromatic heterocycles. The highest BCUT2D eigenvalue weighted by atomic mass is 32.2. The lowest BCUT2D eigenvalue weighted by molar-refractivity contribution is 0.0948. The Balaban J connectivity index is 2.15. The molecule has 6 nitrogen and oxygen atoms in total. The maximum atomic E-state index is 13.0. The Labute approximate surface area is 165 Å². The predicted molar refractivity (Wildman–Crippen MR) is 109 cm³/mol. The van der Waals surface area contributed by atoms with Crippen LogP contribution in [0.25, 0.3) is 0 Å². The summed E-state index contributed by atoms with van der Waals surface area (Å²) in [5, 5.41) is 2.81. The molecular weight excluding hydrogens is 381 g/mol. The first kappa shape index (κ1) is 21.8. The van der Waals surface area contributed by atoms with Crippen LogP contribution in [0.5, 0.6) is 0 Å². The van der Waals surface area contributed by atoms with E-state index in [0.717, 1.165) is 19.6 Å². The summed E-state index contributed by atoms with van der Waals surface area (Å²) >= 11 is 0. The number of aryl methyl sites for hydroxylation is 1. The van der Waals surface area contributed by atoms with Crippen LogP contribution in [0.4, 0.5) is 10.1 Å². The van der Waals surface area contributed by atoms with Crippen LogP contribution in [0.15, 0.2) is 47.4 Å². The molecule has 0 aliphatic rings. The molecule has 0 saturated carbocycles. The van der Waals surface area contributed by atoms with E-state index in [9.17, 15) is 17.6 Å². The molecule has 0 fully saturated rings. The lowest BCUT2D eigenvalue weighted by Gasteiger charge is -2.18. The number of sulfonamides is 1. The number of halogens is 1. The van der Waals surface area contributed by atoms with Crippen molar-refractivity contribution in [1.82, 2.24) is 10.2 Å². The van der Waals surface area contributed by atoms with E-state index in [0.29, 0.717) is 12.1 Å². The topological polar surface area (TPSA) is 78.5 Å². The number of hydrogen-bond donors (Lipinski definition) is 2. The van der Waals surface area contributed by atoms with Crippen LogP contribution in [0.1, 0.15) is 29.8 Å². The first-order valence-electron chi connectivity index (χ1n) is 9.16. The maximum Gasteiger partial charge on any atom is 0.262 e. The molecule has 0 atom stereocenters. The van der Waals surface area contributed by atoms with Crippen molar-refractivity contribution in [3.63, 3.8) is 0 Å². The van der Waals surface area contributed by atoms with Crippen molar-refractivity contribution in [1.29, 1.82) is 0 Å². The average molecular weight is 408 g/mol. The number of hydrogen-bond acceptors (Lipinski definition) is 4. The number of nitrogens with zero attached hydrogens (tertiary/aromatic N) is 1. The van der Waals surface area contributed by atoms with Crippen molar-refractivity contribution in [3.05, 3.63) is 59.4 Å². The van der Waals surface area contributed by atoms with E-state index in [4.69, 9.17) is 0 Å². The second-order valence-corrected chi connectivity index (χ2v) is 8.03. The number of anilines is 1. The van der Waals surface area contributed by atoms with Crippen LogP contribution >= 0.6 is 0 Å². The van der Waals surface area contributed by atoms with E-state index >= 15 is 0 Å². The van der Waals surface area contributed by atoms with Crippen molar-refractivity contribution >= 4 is 21.6 Å². The van der Waals surface area contributed by atoms with Crippen LogP contribution in [-0.4, -0.2) is 45.4 Å². The van der Waals surface area contributed by atoms with E-state index in [1.54, 1.807) is 19.1 Å². The molecule has 0 aliphatic carbocycles. The lowest BCUT2D eigenvalue weighted by atomic mass is 10.1. The Morgan fingerprint density at radius 1 is 1.07 bits per heavy atom. The van der Waals surface area contributed by atoms with Gasteiger partial charge in [0, 0.05) is 24.3 Å². The zero-order chi connectivity index (χ0) is 20.7. The molecule has 1 amide bonds. The normalized spacial score (nSPS) is 11.5. The van der Waals surface area contributed by atoms with Gasteiger partial charge in [-0.05, 0) is 62.0 Å². The molecule has 2 N–H and O–H groups in total. The predicted octanol–water partition coefficient (Wildman–Crippen LogP) is 3.01. The summed E-state index contributed by atoms with van der Waals surface area (Å²) < 4.78 is 40.9. The third-order valence-corrected chi connectivity index (χ3v) is 5.97. The summed E-state index contributed by atoms with van der Waals surface area (Å²) in [5.74, 6) is -0.784. The first-order chi connectivity index (χ1) is 13.3. The van der Waals surface area contributed by atoms with Gasteiger partial charge in [0.05, 0.1) is 4.90 Å². The highest BCUT2D eigenvalue weighted by Gasteiger charge is 2.19. The number of carbonyl (C=O) groups excluding carboxylic acids is 1. The second kappa shape index (κ2) is 9.66. The maximum absolute atomic E-state index is 13.0. The SMILES string of the molecule is CCN(CC)CCNC(=O)c1ccc(C)c(S(=O)(=O)Nc2ccc(F)cc2)c1. The van der Waals surface area contributed by atoms with E-state index in [1.165, 1.54) is 30.3 Å². The molecule has 2 aromatic carbocycles. The summed E-state index contributed by atoms with van der Waals surface area (Å²) in [6.45, 7) is 8.75. The second-order valence-electron chi connectivity index (χ2n) is 6.38. The standard InChI is InChI=1S/C20H26FN3O3S/c1-4-24(5-2)13-12-22-20(25)16-7-6-15(3)19(14-16)28(26,27)23-18-10-8-17(21)9-11-18/h6-11,14,23H,4-5,12-13H2,1-3H3,(H,22,25). The fourth-order valence-electron chi connectivity index (χ4n) is 2.73. The fourth-order valence-corrected chi connectivity index (χ4v) is 4.06. The van der Waals surface area contributed by atoms with Crippen molar-refractivity contribution in [3.8, 4) is 0 Å².